The van der Waals surface area contributed by atoms with Crippen molar-refractivity contribution in [3.05, 3.63) is 48.2 Å². The minimum Gasteiger partial charge on any atom is -0.374 e. The maximum absolute atomic E-state index is 4.28. The van der Waals surface area contributed by atoms with E-state index in [4.69, 9.17) is 0 Å². The zero-order valence-corrected chi connectivity index (χ0v) is 10.6. The average Bonchev–Trinajstić information content (AvgIpc) is 2.40. The fourth-order valence-corrected chi connectivity index (χ4v) is 2.45. The molecule has 3 rings (SSSR count). The molecule has 2 aromatic rings. The van der Waals surface area contributed by atoms with Crippen molar-refractivity contribution in [3.63, 3.8) is 0 Å². The molecule has 18 heavy (non-hydrogen) atoms. The Labute approximate surface area is 107 Å². The highest BCUT2D eigenvalue weighted by atomic mass is 15.1. The van der Waals surface area contributed by atoms with E-state index in [-0.39, 0.29) is 0 Å². The van der Waals surface area contributed by atoms with E-state index in [1.807, 2.05) is 18.2 Å². The van der Waals surface area contributed by atoms with Crippen LogP contribution in [0.5, 0.6) is 0 Å². The highest BCUT2D eigenvalue weighted by Crippen LogP contribution is 2.29. The van der Waals surface area contributed by atoms with Gasteiger partial charge in [0.05, 0.1) is 0 Å². The van der Waals surface area contributed by atoms with Crippen LogP contribution in [-0.2, 0) is 6.42 Å². The Morgan fingerprint density at radius 2 is 2.17 bits per heavy atom. The third-order valence-corrected chi connectivity index (χ3v) is 3.37. The first-order chi connectivity index (χ1) is 8.83. The van der Waals surface area contributed by atoms with E-state index in [1.165, 1.54) is 17.7 Å². The second kappa shape index (κ2) is 4.69. The zero-order chi connectivity index (χ0) is 12.4. The topological polar surface area (TPSA) is 28.2 Å². The van der Waals surface area contributed by atoms with Gasteiger partial charge in [0.15, 0.2) is 0 Å². The van der Waals surface area contributed by atoms with Gasteiger partial charge in [-0.3, -0.25) is 0 Å². The summed E-state index contributed by atoms with van der Waals surface area (Å²) in [4.78, 5) is 6.60. The Morgan fingerprint density at radius 3 is 3.00 bits per heavy atom. The van der Waals surface area contributed by atoms with E-state index in [2.05, 4.69) is 40.4 Å². The van der Waals surface area contributed by atoms with Crippen molar-refractivity contribution in [1.29, 1.82) is 0 Å². The van der Waals surface area contributed by atoms with Crippen LogP contribution in [0.3, 0.4) is 0 Å². The maximum Gasteiger partial charge on any atom is 0.130 e. The molecule has 0 aliphatic carbocycles. The molecule has 2 heterocycles. The number of rotatable bonds is 2. The molecule has 0 atom stereocenters. The number of nitrogens with one attached hydrogen (secondary N) is 1. The van der Waals surface area contributed by atoms with Gasteiger partial charge in [-0.05, 0) is 48.7 Å². The number of fused-ring (bicyclic) bond motifs is 1. The van der Waals surface area contributed by atoms with Crippen molar-refractivity contribution in [1.82, 2.24) is 4.98 Å². The predicted molar refractivity (Wildman–Crippen MR) is 75.6 cm³/mol. The number of nitrogens with zero attached hydrogens (tertiary/aromatic N) is 2. The lowest BCUT2D eigenvalue weighted by Crippen LogP contribution is -2.24. The Kier molecular flexibility index (Phi) is 2.89. The molecule has 0 fully saturated rings. The number of hydrogen-bond acceptors (Lipinski definition) is 3. The monoisotopic (exact) mass is 239 g/mol. The number of aryl methyl sites for hydroxylation is 1. The van der Waals surface area contributed by atoms with Gasteiger partial charge in [-0.1, -0.05) is 6.07 Å². The molecule has 1 N–H and O–H groups in total. The average molecular weight is 239 g/mol. The van der Waals surface area contributed by atoms with E-state index in [9.17, 15) is 0 Å². The molecule has 1 aliphatic heterocycles. The number of anilines is 3. The zero-order valence-electron chi connectivity index (χ0n) is 10.6. The fraction of sp³-hybridized carbons (Fsp3) is 0.267. The van der Waals surface area contributed by atoms with Crippen molar-refractivity contribution in [2.24, 2.45) is 0 Å². The van der Waals surface area contributed by atoms with Crippen LogP contribution in [0.15, 0.2) is 42.6 Å². The van der Waals surface area contributed by atoms with E-state index in [0.29, 0.717) is 0 Å². The number of pyridine rings is 1. The van der Waals surface area contributed by atoms with Crippen LogP contribution >= 0.6 is 0 Å². The third kappa shape index (κ3) is 2.16. The van der Waals surface area contributed by atoms with Crippen molar-refractivity contribution >= 4 is 17.2 Å². The SMILES string of the molecule is CN1CCCc2cc(Nc3ccccn3)ccc21. The summed E-state index contributed by atoms with van der Waals surface area (Å²) < 4.78 is 0. The van der Waals surface area contributed by atoms with E-state index in [0.717, 1.165) is 24.5 Å². The number of hydrogen-bond donors (Lipinski definition) is 1. The Morgan fingerprint density at radius 1 is 1.22 bits per heavy atom. The van der Waals surface area contributed by atoms with Crippen LogP contribution in [0, 0.1) is 0 Å². The molecule has 0 radical (unpaired) electrons. The summed E-state index contributed by atoms with van der Waals surface area (Å²) in [6.07, 6.45) is 4.20. The van der Waals surface area contributed by atoms with Crippen LogP contribution in [0.1, 0.15) is 12.0 Å². The first-order valence-electron chi connectivity index (χ1n) is 6.35. The Bertz CT molecular complexity index is 537. The van der Waals surface area contributed by atoms with Gasteiger partial charge in [-0.25, -0.2) is 4.98 Å². The van der Waals surface area contributed by atoms with Gasteiger partial charge in [0, 0.05) is 31.2 Å². The van der Waals surface area contributed by atoms with Crippen molar-refractivity contribution in [3.8, 4) is 0 Å². The molecule has 1 aromatic heterocycles. The highest BCUT2D eigenvalue weighted by molar-refractivity contribution is 5.65. The molecule has 0 bridgehead atoms. The molecule has 0 amide bonds. The van der Waals surface area contributed by atoms with Crippen LogP contribution < -0.4 is 10.2 Å². The molecule has 92 valence electrons. The second-order valence-electron chi connectivity index (χ2n) is 4.71. The fourth-order valence-electron chi connectivity index (χ4n) is 2.45. The van der Waals surface area contributed by atoms with Gasteiger partial charge < -0.3 is 10.2 Å². The third-order valence-electron chi connectivity index (χ3n) is 3.37. The highest BCUT2D eigenvalue weighted by Gasteiger charge is 2.13. The Hall–Kier alpha value is -2.03. The van der Waals surface area contributed by atoms with Gasteiger partial charge in [0.2, 0.25) is 0 Å². The van der Waals surface area contributed by atoms with E-state index < -0.39 is 0 Å². The summed E-state index contributed by atoms with van der Waals surface area (Å²) in [5, 5.41) is 3.34. The van der Waals surface area contributed by atoms with Crippen LogP contribution in [-0.4, -0.2) is 18.6 Å². The van der Waals surface area contributed by atoms with Gasteiger partial charge >= 0.3 is 0 Å². The molecular weight excluding hydrogens is 222 g/mol. The molecule has 1 aliphatic rings. The molecule has 0 unspecified atom stereocenters. The molecule has 0 spiro atoms. The van der Waals surface area contributed by atoms with Crippen molar-refractivity contribution in [2.75, 3.05) is 23.8 Å². The first kappa shape index (κ1) is 11.1. The molecule has 0 saturated heterocycles. The minimum absolute atomic E-state index is 0.890. The summed E-state index contributed by atoms with van der Waals surface area (Å²) in [7, 11) is 2.16. The minimum atomic E-state index is 0.890. The molecule has 0 saturated carbocycles. The van der Waals surface area contributed by atoms with Gasteiger partial charge in [-0.15, -0.1) is 0 Å². The summed E-state index contributed by atoms with van der Waals surface area (Å²) in [6.45, 7) is 1.15. The van der Waals surface area contributed by atoms with Crippen molar-refractivity contribution < 1.29 is 0 Å². The quantitative estimate of drug-likeness (QED) is 0.872. The van der Waals surface area contributed by atoms with Gasteiger partial charge in [-0.2, -0.15) is 0 Å². The van der Waals surface area contributed by atoms with Crippen LogP contribution in [0.4, 0.5) is 17.2 Å². The van der Waals surface area contributed by atoms with Crippen LogP contribution in [0.25, 0.3) is 0 Å². The summed E-state index contributed by atoms with van der Waals surface area (Å²) >= 11 is 0. The maximum atomic E-state index is 4.28. The lowest BCUT2D eigenvalue weighted by Gasteiger charge is -2.27. The molecule has 3 nitrogen and oxygen atoms in total. The first-order valence-corrected chi connectivity index (χ1v) is 6.35. The number of benzene rings is 1. The van der Waals surface area contributed by atoms with Crippen molar-refractivity contribution in [2.45, 2.75) is 12.8 Å². The molecule has 3 heteroatoms. The summed E-state index contributed by atoms with van der Waals surface area (Å²) in [6, 6.07) is 12.4. The smallest absolute Gasteiger partial charge is 0.130 e. The van der Waals surface area contributed by atoms with E-state index in [1.54, 1.807) is 6.20 Å². The standard InChI is InChI=1S/C15H17N3/c1-18-10-4-5-12-11-13(7-8-14(12)18)17-15-6-2-3-9-16-15/h2-3,6-9,11H,4-5,10H2,1H3,(H,16,17). The largest absolute Gasteiger partial charge is 0.374 e. The molecule has 1 aromatic carbocycles. The van der Waals surface area contributed by atoms with Gasteiger partial charge in [0.1, 0.15) is 5.82 Å². The van der Waals surface area contributed by atoms with Gasteiger partial charge in [0.25, 0.3) is 0 Å². The lowest BCUT2D eigenvalue weighted by atomic mass is 10.0. The summed E-state index contributed by atoms with van der Waals surface area (Å²) in [5.41, 5.74) is 3.89. The summed E-state index contributed by atoms with van der Waals surface area (Å²) in [5.74, 6) is 0.890. The Balaban J connectivity index is 1.86. The second-order valence-corrected chi connectivity index (χ2v) is 4.71. The number of aromatic nitrogens is 1. The van der Waals surface area contributed by atoms with E-state index >= 15 is 0 Å². The normalized spacial score (nSPS) is 14.2. The lowest BCUT2D eigenvalue weighted by molar-refractivity contribution is 0.745. The molecular formula is C15H17N3. The van der Waals surface area contributed by atoms with Crippen LogP contribution in [0.2, 0.25) is 0 Å². The predicted octanol–water partition coefficient (Wildman–Crippen LogP) is 3.21.